The predicted molar refractivity (Wildman–Crippen MR) is 146 cm³/mol. The van der Waals surface area contributed by atoms with Gasteiger partial charge in [-0.15, -0.1) is 0 Å². The predicted octanol–water partition coefficient (Wildman–Crippen LogP) is 7.52. The highest BCUT2D eigenvalue weighted by atomic mass is 19.1. The molecule has 0 bridgehead atoms. The fourth-order valence-corrected chi connectivity index (χ4v) is 4.81. The van der Waals surface area contributed by atoms with E-state index in [1.165, 1.54) is 26.0 Å². The topological polar surface area (TPSA) is 76.0 Å². The fourth-order valence-electron chi connectivity index (χ4n) is 4.81. The van der Waals surface area contributed by atoms with Crippen LogP contribution in [0.2, 0.25) is 0 Å². The van der Waals surface area contributed by atoms with E-state index in [1.807, 2.05) is 63.2 Å². The van der Waals surface area contributed by atoms with E-state index >= 15 is 0 Å². The second-order valence-electron chi connectivity index (χ2n) is 11.4. The molecule has 4 rings (SSSR count). The quantitative estimate of drug-likeness (QED) is 0.273. The van der Waals surface area contributed by atoms with Gasteiger partial charge >= 0.3 is 5.97 Å². The molecule has 3 aromatic carbocycles. The Morgan fingerprint density at radius 1 is 1.03 bits per heavy atom. The number of aliphatic hydroxyl groups excluding tert-OH is 1. The van der Waals surface area contributed by atoms with Crippen molar-refractivity contribution in [1.29, 1.82) is 0 Å². The molecule has 0 radical (unpaired) electrons. The van der Waals surface area contributed by atoms with Gasteiger partial charge in [0.15, 0.2) is 0 Å². The molecule has 0 aromatic heterocycles. The molecule has 1 aliphatic carbocycles. The van der Waals surface area contributed by atoms with Gasteiger partial charge in [-0.25, -0.2) is 4.39 Å². The number of methoxy groups -OCH3 is 1. The number of rotatable bonds is 11. The highest BCUT2D eigenvalue weighted by Gasteiger charge is 2.29. The molecule has 0 heterocycles. The van der Waals surface area contributed by atoms with E-state index in [1.54, 1.807) is 12.1 Å². The van der Waals surface area contributed by atoms with Crippen molar-refractivity contribution in [2.75, 3.05) is 7.11 Å². The number of ether oxygens (including phenoxy) is 2. The van der Waals surface area contributed by atoms with Crippen LogP contribution in [0.5, 0.6) is 11.5 Å². The number of benzene rings is 3. The van der Waals surface area contributed by atoms with Gasteiger partial charge in [0.2, 0.25) is 0 Å². The molecule has 2 N–H and O–H groups in total. The van der Waals surface area contributed by atoms with Crippen LogP contribution in [0, 0.1) is 17.2 Å². The Morgan fingerprint density at radius 2 is 1.79 bits per heavy atom. The summed E-state index contributed by atoms with van der Waals surface area (Å²) in [6.07, 6.45) is 2.49. The van der Waals surface area contributed by atoms with E-state index in [4.69, 9.17) is 9.47 Å². The molecule has 1 unspecified atom stereocenters. The monoisotopic (exact) mass is 520 g/mol. The summed E-state index contributed by atoms with van der Waals surface area (Å²) in [4.78, 5) is 11.4. The van der Waals surface area contributed by atoms with Gasteiger partial charge < -0.3 is 19.7 Å². The van der Waals surface area contributed by atoms with Crippen LogP contribution in [0.3, 0.4) is 0 Å². The van der Waals surface area contributed by atoms with Crippen molar-refractivity contribution < 1.29 is 28.9 Å². The van der Waals surface area contributed by atoms with E-state index in [2.05, 4.69) is 0 Å². The highest BCUT2D eigenvalue weighted by molar-refractivity contribution is 5.70. The zero-order chi connectivity index (χ0) is 27.4. The molecular formula is C32H37FO5. The van der Waals surface area contributed by atoms with Crippen LogP contribution in [0.1, 0.15) is 75.2 Å². The molecule has 202 valence electrons. The van der Waals surface area contributed by atoms with Gasteiger partial charge in [-0.1, -0.05) is 57.9 Å². The Hall–Kier alpha value is -3.38. The normalized spacial score (nSPS) is 15.1. The Bertz CT molecular complexity index is 1280. The first-order chi connectivity index (χ1) is 18.0. The molecule has 0 amide bonds. The number of carboxylic acids is 1. The smallest absolute Gasteiger partial charge is 0.303 e. The van der Waals surface area contributed by atoms with Gasteiger partial charge in [0.1, 0.15) is 23.9 Å². The molecule has 0 spiro atoms. The molecule has 3 aromatic rings. The molecule has 1 saturated carbocycles. The molecule has 5 nitrogen and oxygen atoms in total. The maximum atomic E-state index is 14.9. The third kappa shape index (κ3) is 6.93. The molecular weight excluding hydrogens is 483 g/mol. The highest BCUT2D eigenvalue weighted by Crippen LogP contribution is 2.42. The van der Waals surface area contributed by atoms with Gasteiger partial charge in [0, 0.05) is 5.56 Å². The lowest BCUT2D eigenvalue weighted by Gasteiger charge is -2.28. The van der Waals surface area contributed by atoms with E-state index in [0.29, 0.717) is 34.1 Å². The van der Waals surface area contributed by atoms with Crippen LogP contribution in [0.4, 0.5) is 4.39 Å². The maximum absolute atomic E-state index is 14.9. The number of carbonyl (C=O) groups is 1. The van der Waals surface area contributed by atoms with Gasteiger partial charge in [-0.3, -0.25) is 4.79 Å². The third-order valence-corrected chi connectivity index (χ3v) is 7.17. The molecule has 2 atom stereocenters. The molecule has 1 aliphatic rings. The Kier molecular flexibility index (Phi) is 8.41. The number of hydrogen-bond acceptors (Lipinski definition) is 4. The van der Waals surface area contributed by atoms with Crippen molar-refractivity contribution in [2.24, 2.45) is 11.3 Å². The minimum atomic E-state index is -0.842. The number of hydrogen-bond donors (Lipinski definition) is 2. The second-order valence-corrected chi connectivity index (χ2v) is 11.4. The largest absolute Gasteiger partial charge is 0.497 e. The summed E-state index contributed by atoms with van der Waals surface area (Å²) in [6.45, 7) is 6.06. The van der Waals surface area contributed by atoms with Gasteiger partial charge in [0.25, 0.3) is 0 Å². The Balaban J connectivity index is 1.60. The second kappa shape index (κ2) is 11.6. The van der Waals surface area contributed by atoms with Crippen molar-refractivity contribution in [3.8, 4) is 22.6 Å². The summed E-state index contributed by atoms with van der Waals surface area (Å²) >= 11 is 0. The number of carboxylic acid groups (broad SMARTS) is 1. The van der Waals surface area contributed by atoms with Crippen LogP contribution in [-0.4, -0.2) is 23.3 Å². The van der Waals surface area contributed by atoms with E-state index < -0.39 is 23.3 Å². The number of halogens is 1. The molecule has 0 aliphatic heterocycles. The summed E-state index contributed by atoms with van der Waals surface area (Å²) in [7, 11) is 1.53. The minimum absolute atomic E-state index is 0.0332. The molecule has 38 heavy (non-hydrogen) atoms. The first-order valence-electron chi connectivity index (χ1n) is 13.1. The van der Waals surface area contributed by atoms with Gasteiger partial charge in [-0.2, -0.15) is 0 Å². The lowest BCUT2D eigenvalue weighted by atomic mass is 9.81. The van der Waals surface area contributed by atoms with Gasteiger partial charge in [-0.05, 0) is 82.3 Å². The van der Waals surface area contributed by atoms with Crippen molar-refractivity contribution >= 4 is 5.97 Å². The van der Waals surface area contributed by atoms with E-state index in [0.717, 1.165) is 17.5 Å². The zero-order valence-corrected chi connectivity index (χ0v) is 22.5. The third-order valence-electron chi connectivity index (χ3n) is 7.17. The summed E-state index contributed by atoms with van der Waals surface area (Å²) in [5.41, 5.74) is 2.92. The minimum Gasteiger partial charge on any atom is -0.497 e. The molecule has 0 saturated heterocycles. The first kappa shape index (κ1) is 27.6. The average molecular weight is 521 g/mol. The van der Waals surface area contributed by atoms with Crippen LogP contribution >= 0.6 is 0 Å². The van der Waals surface area contributed by atoms with Crippen LogP contribution in [-0.2, 0) is 11.4 Å². The van der Waals surface area contributed by atoms with Gasteiger partial charge in [0.05, 0.1) is 19.6 Å². The average Bonchev–Trinajstić information content (AvgIpc) is 3.70. The summed E-state index contributed by atoms with van der Waals surface area (Å²) < 4.78 is 26.3. The van der Waals surface area contributed by atoms with Crippen molar-refractivity contribution in [2.45, 2.75) is 65.1 Å². The van der Waals surface area contributed by atoms with E-state index in [-0.39, 0.29) is 18.9 Å². The van der Waals surface area contributed by atoms with E-state index in [9.17, 15) is 19.4 Å². The summed E-state index contributed by atoms with van der Waals surface area (Å²) in [5, 5.41) is 20.6. The van der Waals surface area contributed by atoms with Crippen molar-refractivity contribution in [3.63, 3.8) is 0 Å². The summed E-state index contributed by atoms with van der Waals surface area (Å²) in [6, 6.07) is 17.8. The fraction of sp³-hybridized carbons (Fsp3) is 0.406. The lowest BCUT2D eigenvalue weighted by molar-refractivity contribution is -0.137. The standard InChI is InChI=1S/C32H37FO5/c1-32(2,3)31(36)28-15-21(10-12-26(28)27-18-24(37-4)11-13-29(27)33)19-38-25-7-5-6-22(16-25)23(17-30(34)35)14-20-8-9-20/h5-7,10-13,15-16,18,20,23,31,36H,8-9,14,17,19H2,1-4H3,(H,34,35)/t23-,31?/m1/s1. The van der Waals surface area contributed by atoms with Crippen molar-refractivity contribution in [1.82, 2.24) is 0 Å². The van der Waals surface area contributed by atoms with Crippen LogP contribution in [0.15, 0.2) is 60.7 Å². The molecule has 1 fully saturated rings. The SMILES string of the molecule is COc1ccc(F)c(-c2ccc(COc3cccc([C@@H](CC(=O)O)CC4CC4)c3)cc2C(O)C(C)(C)C)c1. The number of aliphatic carboxylic acids is 1. The molecule has 6 heteroatoms. The lowest BCUT2D eigenvalue weighted by Crippen LogP contribution is -2.19. The number of aliphatic hydroxyl groups is 1. The Labute approximate surface area is 224 Å². The first-order valence-corrected chi connectivity index (χ1v) is 13.1. The zero-order valence-electron chi connectivity index (χ0n) is 22.5. The Morgan fingerprint density at radius 3 is 2.45 bits per heavy atom. The van der Waals surface area contributed by atoms with Crippen molar-refractivity contribution in [3.05, 3.63) is 83.2 Å². The van der Waals surface area contributed by atoms with Crippen LogP contribution < -0.4 is 9.47 Å². The van der Waals surface area contributed by atoms with Crippen LogP contribution in [0.25, 0.3) is 11.1 Å². The summed E-state index contributed by atoms with van der Waals surface area (Å²) in [5.74, 6) is 0.594. The maximum Gasteiger partial charge on any atom is 0.303 e.